The molecule has 0 unspecified atom stereocenters. The van der Waals surface area contributed by atoms with Crippen LogP contribution in [0.3, 0.4) is 0 Å². The number of likely N-dealkylation sites (tertiary alicyclic amines) is 1. The lowest BCUT2D eigenvalue weighted by molar-refractivity contribution is 0.112. The van der Waals surface area contributed by atoms with Gasteiger partial charge in [0.2, 0.25) is 0 Å². The van der Waals surface area contributed by atoms with Gasteiger partial charge in [0.15, 0.2) is 0 Å². The third kappa shape index (κ3) is 1.64. The molecule has 0 aromatic heterocycles. The molecule has 0 aromatic carbocycles. The van der Waals surface area contributed by atoms with Gasteiger partial charge in [-0.05, 0) is 43.5 Å². The van der Waals surface area contributed by atoms with Crippen LogP contribution in [0.5, 0.6) is 0 Å². The molecule has 1 heterocycles. The summed E-state index contributed by atoms with van der Waals surface area (Å²) in [6.45, 7) is 4.02. The van der Waals surface area contributed by atoms with Crippen LogP contribution in [-0.4, -0.2) is 30.3 Å². The van der Waals surface area contributed by atoms with Crippen LogP contribution in [0.1, 0.15) is 32.1 Å². The summed E-state index contributed by atoms with van der Waals surface area (Å²) in [6, 6.07) is 0. The zero-order chi connectivity index (χ0) is 8.44. The summed E-state index contributed by atoms with van der Waals surface area (Å²) in [4.78, 5) is 2.60. The van der Waals surface area contributed by atoms with Crippen LogP contribution in [-0.2, 0) is 0 Å². The Bertz CT molecular complexity index is 148. The first kappa shape index (κ1) is 8.89. The zero-order valence-corrected chi connectivity index (χ0v) is 8.65. The lowest BCUT2D eigenvalue weighted by atomic mass is 9.87. The molecule has 70 valence electrons. The maximum atomic E-state index is 4.51. The highest BCUT2D eigenvalue weighted by molar-refractivity contribution is 7.80. The molecule has 1 nitrogen and oxygen atoms in total. The molecular formula is C10H19NS. The minimum absolute atomic E-state index is 0.601. The number of hydrogen-bond donors (Lipinski definition) is 1. The number of hydrogen-bond acceptors (Lipinski definition) is 2. The number of thiol groups is 1. The van der Waals surface area contributed by atoms with Gasteiger partial charge in [-0.15, -0.1) is 0 Å². The molecule has 12 heavy (non-hydrogen) atoms. The van der Waals surface area contributed by atoms with Gasteiger partial charge < -0.3 is 4.90 Å². The Kier molecular flexibility index (Phi) is 2.66. The summed E-state index contributed by atoms with van der Waals surface area (Å²) in [5, 5.41) is 0. The fraction of sp³-hybridized carbons (Fsp3) is 1.00. The normalized spacial score (nSPS) is 28.8. The third-order valence-corrected chi connectivity index (χ3v) is 4.18. The number of nitrogens with zero attached hydrogens (tertiary/aromatic N) is 1. The maximum absolute atomic E-state index is 4.51. The SMILES string of the molecule is SCC1(CN2CCC2)CCCC1. The lowest BCUT2D eigenvalue weighted by Gasteiger charge is -2.39. The molecular weight excluding hydrogens is 166 g/mol. The first-order valence-electron chi connectivity index (χ1n) is 5.18. The smallest absolute Gasteiger partial charge is 0.00458 e. The van der Waals surface area contributed by atoms with Gasteiger partial charge in [-0.1, -0.05) is 12.8 Å². The van der Waals surface area contributed by atoms with E-state index in [2.05, 4.69) is 17.5 Å². The van der Waals surface area contributed by atoms with Crippen LogP contribution in [0.15, 0.2) is 0 Å². The van der Waals surface area contributed by atoms with E-state index >= 15 is 0 Å². The molecule has 0 spiro atoms. The van der Waals surface area contributed by atoms with E-state index in [9.17, 15) is 0 Å². The second-order valence-electron chi connectivity index (χ2n) is 4.49. The molecule has 0 aromatic rings. The van der Waals surface area contributed by atoms with E-state index in [1.165, 1.54) is 51.7 Å². The van der Waals surface area contributed by atoms with Gasteiger partial charge in [0.1, 0.15) is 0 Å². The number of rotatable bonds is 3. The lowest BCUT2D eigenvalue weighted by Crippen LogP contribution is -2.45. The zero-order valence-electron chi connectivity index (χ0n) is 7.76. The van der Waals surface area contributed by atoms with E-state index in [0.717, 1.165) is 5.75 Å². The average molecular weight is 185 g/mol. The van der Waals surface area contributed by atoms with Gasteiger partial charge in [-0.25, -0.2) is 0 Å². The van der Waals surface area contributed by atoms with E-state index in [1.807, 2.05) is 0 Å². The predicted octanol–water partition coefficient (Wildman–Crippen LogP) is 2.18. The molecule has 2 rings (SSSR count). The topological polar surface area (TPSA) is 3.24 Å². The van der Waals surface area contributed by atoms with Crippen molar-refractivity contribution in [3.63, 3.8) is 0 Å². The Morgan fingerprint density at radius 1 is 1.08 bits per heavy atom. The third-order valence-electron chi connectivity index (χ3n) is 3.51. The molecule has 0 atom stereocenters. The van der Waals surface area contributed by atoms with Crippen LogP contribution >= 0.6 is 12.6 Å². The second kappa shape index (κ2) is 3.59. The summed E-state index contributed by atoms with van der Waals surface area (Å²) < 4.78 is 0. The second-order valence-corrected chi connectivity index (χ2v) is 4.81. The molecule has 0 bridgehead atoms. The quantitative estimate of drug-likeness (QED) is 0.660. The summed E-state index contributed by atoms with van der Waals surface area (Å²) in [5.74, 6) is 1.10. The minimum atomic E-state index is 0.601. The Morgan fingerprint density at radius 3 is 2.17 bits per heavy atom. The van der Waals surface area contributed by atoms with Gasteiger partial charge in [0.05, 0.1) is 0 Å². The average Bonchev–Trinajstić information content (AvgIpc) is 2.46. The molecule has 1 aliphatic carbocycles. The Hall–Kier alpha value is 0.310. The molecule has 0 amide bonds. The summed E-state index contributed by atoms with van der Waals surface area (Å²) in [7, 11) is 0. The highest BCUT2D eigenvalue weighted by Crippen LogP contribution is 2.40. The van der Waals surface area contributed by atoms with Crippen molar-refractivity contribution in [1.82, 2.24) is 4.90 Å². The van der Waals surface area contributed by atoms with Crippen molar-refractivity contribution < 1.29 is 0 Å². The molecule has 2 aliphatic rings. The van der Waals surface area contributed by atoms with Crippen LogP contribution in [0.2, 0.25) is 0 Å². The molecule has 2 heteroatoms. The monoisotopic (exact) mass is 185 g/mol. The first-order valence-corrected chi connectivity index (χ1v) is 5.81. The molecule has 2 fully saturated rings. The van der Waals surface area contributed by atoms with Gasteiger partial charge >= 0.3 is 0 Å². The van der Waals surface area contributed by atoms with E-state index in [1.54, 1.807) is 0 Å². The Balaban J connectivity index is 1.87. The Labute approximate surface area is 80.9 Å². The summed E-state index contributed by atoms with van der Waals surface area (Å²) >= 11 is 4.51. The van der Waals surface area contributed by atoms with Crippen molar-refractivity contribution in [3.8, 4) is 0 Å². The highest BCUT2D eigenvalue weighted by Gasteiger charge is 2.35. The van der Waals surface area contributed by atoms with E-state index in [-0.39, 0.29) is 0 Å². The van der Waals surface area contributed by atoms with Crippen LogP contribution in [0.4, 0.5) is 0 Å². The van der Waals surface area contributed by atoms with Crippen LogP contribution in [0, 0.1) is 5.41 Å². The molecule has 0 N–H and O–H groups in total. The van der Waals surface area contributed by atoms with Gasteiger partial charge in [0.25, 0.3) is 0 Å². The largest absolute Gasteiger partial charge is 0.303 e. The van der Waals surface area contributed by atoms with Crippen molar-refractivity contribution in [2.24, 2.45) is 5.41 Å². The molecule has 1 aliphatic heterocycles. The molecule has 1 saturated heterocycles. The molecule has 1 saturated carbocycles. The fourth-order valence-corrected chi connectivity index (χ4v) is 2.92. The van der Waals surface area contributed by atoms with Crippen molar-refractivity contribution in [2.75, 3.05) is 25.4 Å². The van der Waals surface area contributed by atoms with Crippen molar-refractivity contribution >= 4 is 12.6 Å². The van der Waals surface area contributed by atoms with Crippen molar-refractivity contribution in [3.05, 3.63) is 0 Å². The van der Waals surface area contributed by atoms with Gasteiger partial charge in [-0.2, -0.15) is 12.6 Å². The fourth-order valence-electron chi connectivity index (χ4n) is 2.51. The van der Waals surface area contributed by atoms with E-state index in [4.69, 9.17) is 0 Å². The van der Waals surface area contributed by atoms with Crippen molar-refractivity contribution in [2.45, 2.75) is 32.1 Å². The van der Waals surface area contributed by atoms with Gasteiger partial charge in [-0.3, -0.25) is 0 Å². The first-order chi connectivity index (χ1) is 5.85. The predicted molar refractivity (Wildman–Crippen MR) is 55.8 cm³/mol. The summed E-state index contributed by atoms with van der Waals surface area (Å²) in [5.41, 5.74) is 0.601. The molecule has 0 radical (unpaired) electrons. The minimum Gasteiger partial charge on any atom is -0.303 e. The summed E-state index contributed by atoms with van der Waals surface area (Å²) in [6.07, 6.45) is 7.14. The highest BCUT2D eigenvalue weighted by atomic mass is 32.1. The van der Waals surface area contributed by atoms with E-state index < -0.39 is 0 Å². The Morgan fingerprint density at radius 2 is 1.75 bits per heavy atom. The van der Waals surface area contributed by atoms with Crippen LogP contribution in [0.25, 0.3) is 0 Å². The standard InChI is InChI=1S/C10H19NS/c12-9-10(4-1-2-5-10)8-11-6-3-7-11/h12H,1-9H2. The maximum Gasteiger partial charge on any atom is 0.00458 e. The van der Waals surface area contributed by atoms with E-state index in [0.29, 0.717) is 5.41 Å². The van der Waals surface area contributed by atoms with Crippen molar-refractivity contribution in [1.29, 1.82) is 0 Å². The van der Waals surface area contributed by atoms with Gasteiger partial charge in [0, 0.05) is 6.54 Å². The van der Waals surface area contributed by atoms with Crippen LogP contribution < -0.4 is 0 Å².